The second-order valence-electron chi connectivity index (χ2n) is 10.6. The highest BCUT2D eigenvalue weighted by molar-refractivity contribution is 9.10. The first-order valence-corrected chi connectivity index (χ1v) is 17.2. The topological polar surface area (TPSA) is 86.8 Å². The second-order valence-corrected chi connectivity index (χ2v) is 14.2. The van der Waals surface area contributed by atoms with Crippen LogP contribution in [-0.2, 0) is 32.6 Å². The lowest BCUT2D eigenvalue weighted by atomic mass is 9.94. The van der Waals surface area contributed by atoms with Crippen molar-refractivity contribution >= 4 is 66.7 Å². The summed E-state index contributed by atoms with van der Waals surface area (Å²) in [5.41, 5.74) is 1.87. The van der Waals surface area contributed by atoms with Crippen molar-refractivity contribution < 1.29 is 18.0 Å². The molecule has 1 saturated carbocycles. The molecular formula is C31H34BrCl2N3O4S. The maximum atomic E-state index is 14.2. The molecule has 224 valence electrons. The lowest BCUT2D eigenvalue weighted by Gasteiger charge is -2.35. The first kappa shape index (κ1) is 32.3. The number of sulfonamides is 1. The third-order valence-electron chi connectivity index (χ3n) is 7.33. The van der Waals surface area contributed by atoms with E-state index in [4.69, 9.17) is 23.2 Å². The first-order valence-electron chi connectivity index (χ1n) is 13.8. The van der Waals surface area contributed by atoms with Crippen LogP contribution in [0.4, 0.5) is 5.69 Å². The van der Waals surface area contributed by atoms with Crippen LogP contribution in [0.25, 0.3) is 0 Å². The van der Waals surface area contributed by atoms with Crippen molar-refractivity contribution in [2.45, 2.75) is 57.2 Å². The molecule has 1 atom stereocenters. The first-order chi connectivity index (χ1) is 20.0. The summed E-state index contributed by atoms with van der Waals surface area (Å²) in [6.07, 6.45) is 6.29. The molecule has 0 saturated heterocycles. The number of amides is 2. The molecule has 3 aromatic rings. The normalized spacial score (nSPS) is 14.7. The predicted octanol–water partition coefficient (Wildman–Crippen LogP) is 6.61. The minimum atomic E-state index is -3.85. The summed E-state index contributed by atoms with van der Waals surface area (Å²) in [6, 6.07) is 20.4. The highest BCUT2D eigenvalue weighted by Crippen LogP contribution is 2.26. The number of nitrogens with one attached hydrogen (secondary N) is 1. The number of hydrogen-bond acceptors (Lipinski definition) is 4. The zero-order chi connectivity index (χ0) is 30.3. The van der Waals surface area contributed by atoms with Gasteiger partial charge in [-0.3, -0.25) is 13.9 Å². The number of rotatable bonds is 11. The highest BCUT2D eigenvalue weighted by Gasteiger charge is 2.34. The Morgan fingerprint density at radius 1 is 0.929 bits per heavy atom. The number of benzene rings is 3. The zero-order valence-corrected chi connectivity index (χ0v) is 27.2. The fourth-order valence-electron chi connectivity index (χ4n) is 5.18. The van der Waals surface area contributed by atoms with E-state index >= 15 is 0 Å². The van der Waals surface area contributed by atoms with Gasteiger partial charge in [0.05, 0.1) is 22.0 Å². The fraction of sp³-hybridized carbons (Fsp3) is 0.355. The highest BCUT2D eigenvalue weighted by atomic mass is 79.9. The van der Waals surface area contributed by atoms with Gasteiger partial charge in [0.15, 0.2) is 0 Å². The summed E-state index contributed by atoms with van der Waals surface area (Å²) in [5.74, 6) is -0.793. The minimum absolute atomic E-state index is 0.0284. The Bertz CT molecular complexity index is 1500. The van der Waals surface area contributed by atoms with Crippen LogP contribution in [0.1, 0.15) is 43.2 Å². The molecule has 0 heterocycles. The average Bonchev–Trinajstić information content (AvgIpc) is 2.95. The number of hydrogen-bond donors (Lipinski definition) is 1. The summed E-state index contributed by atoms with van der Waals surface area (Å²) < 4.78 is 27.6. The van der Waals surface area contributed by atoms with Gasteiger partial charge < -0.3 is 10.2 Å². The lowest BCUT2D eigenvalue weighted by molar-refractivity contribution is -0.140. The van der Waals surface area contributed by atoms with Crippen LogP contribution in [0.3, 0.4) is 0 Å². The Kier molecular flexibility index (Phi) is 11.3. The van der Waals surface area contributed by atoms with Crippen molar-refractivity contribution in [3.05, 3.63) is 98.4 Å². The van der Waals surface area contributed by atoms with Crippen LogP contribution >= 0.6 is 39.1 Å². The molecule has 1 fully saturated rings. The van der Waals surface area contributed by atoms with Gasteiger partial charge >= 0.3 is 0 Å². The number of carbonyl (C=O) groups excluding carboxylic acids is 2. The molecule has 0 radical (unpaired) electrons. The largest absolute Gasteiger partial charge is 0.352 e. The molecule has 7 nitrogen and oxygen atoms in total. The molecule has 0 aliphatic heterocycles. The van der Waals surface area contributed by atoms with E-state index in [1.54, 1.807) is 42.5 Å². The summed E-state index contributed by atoms with van der Waals surface area (Å²) in [7, 11) is -3.85. The summed E-state index contributed by atoms with van der Waals surface area (Å²) in [6.45, 7) is -0.458. The van der Waals surface area contributed by atoms with Crippen molar-refractivity contribution in [1.29, 1.82) is 0 Å². The third kappa shape index (κ3) is 8.96. The van der Waals surface area contributed by atoms with Crippen molar-refractivity contribution in [3.63, 3.8) is 0 Å². The fourth-order valence-corrected chi connectivity index (χ4v) is 6.73. The lowest BCUT2D eigenvalue weighted by Crippen LogP contribution is -2.55. The van der Waals surface area contributed by atoms with Gasteiger partial charge in [0.25, 0.3) is 0 Å². The van der Waals surface area contributed by atoms with Gasteiger partial charge in [-0.2, -0.15) is 0 Å². The molecule has 0 aromatic heterocycles. The number of halogens is 3. The predicted molar refractivity (Wildman–Crippen MR) is 172 cm³/mol. The molecule has 42 heavy (non-hydrogen) atoms. The molecular weight excluding hydrogens is 661 g/mol. The Morgan fingerprint density at radius 3 is 2.29 bits per heavy atom. The smallest absolute Gasteiger partial charge is 0.244 e. The number of anilines is 1. The molecule has 1 aliphatic carbocycles. The summed E-state index contributed by atoms with van der Waals surface area (Å²) in [4.78, 5) is 29.7. The average molecular weight is 696 g/mol. The maximum absolute atomic E-state index is 14.2. The molecule has 4 rings (SSSR count). The van der Waals surface area contributed by atoms with E-state index in [0.717, 1.165) is 48.2 Å². The molecule has 0 bridgehead atoms. The van der Waals surface area contributed by atoms with Crippen LogP contribution in [0, 0.1) is 0 Å². The van der Waals surface area contributed by atoms with E-state index in [1.807, 2.05) is 30.3 Å². The van der Waals surface area contributed by atoms with Gasteiger partial charge in [-0.05, 0) is 54.3 Å². The van der Waals surface area contributed by atoms with Crippen LogP contribution in [-0.4, -0.2) is 50.0 Å². The van der Waals surface area contributed by atoms with E-state index in [-0.39, 0.29) is 24.9 Å². The molecule has 2 amide bonds. The van der Waals surface area contributed by atoms with Gasteiger partial charge in [-0.25, -0.2) is 8.42 Å². The summed E-state index contributed by atoms with van der Waals surface area (Å²) >= 11 is 15.8. The molecule has 11 heteroatoms. The monoisotopic (exact) mass is 693 g/mol. The number of nitrogens with zero attached hydrogens (tertiary/aromatic N) is 2. The minimum Gasteiger partial charge on any atom is -0.352 e. The molecule has 0 spiro atoms. The van der Waals surface area contributed by atoms with Crippen LogP contribution in [0.5, 0.6) is 0 Å². The van der Waals surface area contributed by atoms with E-state index in [0.29, 0.717) is 25.8 Å². The second kappa shape index (κ2) is 14.7. The zero-order valence-electron chi connectivity index (χ0n) is 23.3. The molecule has 3 aromatic carbocycles. The third-order valence-corrected chi connectivity index (χ3v) is 9.71. The van der Waals surface area contributed by atoms with Crippen molar-refractivity contribution in [2.75, 3.05) is 17.1 Å². The Hall–Kier alpha value is -2.59. The SMILES string of the molecule is CS(=O)(=O)N(CC(=O)N(Cc1ccc(Cl)c(Cl)c1)[C@@H](Cc1ccccc1)C(=O)NC1CCCCC1)c1cccc(Br)c1. The van der Waals surface area contributed by atoms with Crippen molar-refractivity contribution in [2.24, 2.45) is 0 Å². The van der Waals surface area contributed by atoms with Crippen molar-refractivity contribution in [3.8, 4) is 0 Å². The molecule has 1 aliphatic rings. The number of carbonyl (C=O) groups is 2. The standard InChI is InChI=1S/C31H34BrCl2N3O4S/c1-42(40,41)37(26-14-8-11-24(32)19-26)21-30(38)36(20-23-15-16-27(33)28(34)17-23)29(18-22-9-4-2-5-10-22)31(39)35-25-12-6-3-7-13-25/h2,4-5,8-11,14-17,19,25,29H,3,6-7,12-13,18,20-21H2,1H3,(H,35,39)/t29-/m0/s1. The van der Waals surface area contributed by atoms with Crippen LogP contribution in [0.2, 0.25) is 10.0 Å². The summed E-state index contributed by atoms with van der Waals surface area (Å²) in [5, 5.41) is 3.87. The Morgan fingerprint density at radius 2 is 1.64 bits per heavy atom. The van der Waals surface area contributed by atoms with Gasteiger partial charge in [0, 0.05) is 23.5 Å². The van der Waals surface area contributed by atoms with E-state index in [9.17, 15) is 18.0 Å². The van der Waals surface area contributed by atoms with Gasteiger partial charge in [-0.15, -0.1) is 0 Å². The van der Waals surface area contributed by atoms with Crippen LogP contribution < -0.4 is 9.62 Å². The molecule has 0 unspecified atom stereocenters. The Balaban J connectivity index is 1.74. The van der Waals surface area contributed by atoms with E-state index in [1.165, 1.54) is 4.90 Å². The van der Waals surface area contributed by atoms with Gasteiger partial charge in [-0.1, -0.05) is 101 Å². The van der Waals surface area contributed by atoms with Crippen LogP contribution in [0.15, 0.2) is 77.3 Å². The maximum Gasteiger partial charge on any atom is 0.244 e. The van der Waals surface area contributed by atoms with E-state index in [2.05, 4.69) is 21.2 Å². The van der Waals surface area contributed by atoms with Crippen molar-refractivity contribution in [1.82, 2.24) is 10.2 Å². The quantitative estimate of drug-likeness (QED) is 0.245. The van der Waals surface area contributed by atoms with Gasteiger partial charge in [0.2, 0.25) is 21.8 Å². The van der Waals surface area contributed by atoms with Gasteiger partial charge in [0.1, 0.15) is 12.6 Å². The Labute approximate surface area is 266 Å². The van der Waals surface area contributed by atoms with E-state index < -0.39 is 28.5 Å². The molecule has 1 N–H and O–H groups in total.